The number of benzene rings is 1. The van der Waals surface area contributed by atoms with Crippen molar-refractivity contribution in [3.63, 3.8) is 0 Å². The van der Waals surface area contributed by atoms with Crippen LogP contribution in [-0.2, 0) is 4.74 Å². The van der Waals surface area contributed by atoms with Crippen LogP contribution in [0.5, 0.6) is 5.75 Å². The average Bonchev–Trinajstić information content (AvgIpc) is 2.49. The molecule has 0 aliphatic rings. The fourth-order valence-electron chi connectivity index (χ4n) is 1.81. The summed E-state index contributed by atoms with van der Waals surface area (Å²) in [6, 6.07) is 7.26. The molecule has 1 aromatic carbocycles. The van der Waals surface area contributed by atoms with Crippen molar-refractivity contribution < 1.29 is 19.4 Å². The van der Waals surface area contributed by atoms with Crippen molar-refractivity contribution in [3.05, 3.63) is 29.8 Å². The predicted octanol–water partition coefficient (Wildman–Crippen LogP) is 3.67. The van der Waals surface area contributed by atoms with Crippen LogP contribution in [0.2, 0.25) is 0 Å². The Bertz CT molecular complexity index is 479. The van der Waals surface area contributed by atoms with Crippen LogP contribution in [0.1, 0.15) is 52.7 Å². The first-order chi connectivity index (χ1) is 10.7. The Kier molecular flexibility index (Phi) is 7.36. The van der Waals surface area contributed by atoms with Crippen molar-refractivity contribution in [1.29, 1.82) is 0 Å². The van der Waals surface area contributed by atoms with E-state index in [1.807, 2.05) is 32.9 Å². The average molecular weight is 323 g/mol. The lowest BCUT2D eigenvalue weighted by molar-refractivity contribution is 0.0529. The number of carbonyl (C=O) groups excluding carboxylic acids is 1. The van der Waals surface area contributed by atoms with Crippen LogP contribution < -0.4 is 10.1 Å². The summed E-state index contributed by atoms with van der Waals surface area (Å²) in [4.78, 5) is 11.8. The van der Waals surface area contributed by atoms with Gasteiger partial charge in [-0.3, -0.25) is 0 Å². The van der Waals surface area contributed by atoms with Gasteiger partial charge in [-0.25, -0.2) is 4.79 Å². The smallest absolute Gasteiger partial charge is 0.408 e. The maximum Gasteiger partial charge on any atom is 0.408 e. The van der Waals surface area contributed by atoms with E-state index in [9.17, 15) is 9.90 Å². The third kappa shape index (κ3) is 7.37. The Hall–Kier alpha value is -1.75. The Morgan fingerprint density at radius 3 is 2.35 bits per heavy atom. The third-order valence-corrected chi connectivity index (χ3v) is 3.38. The number of aliphatic hydroxyl groups is 1. The topological polar surface area (TPSA) is 67.8 Å². The predicted molar refractivity (Wildman–Crippen MR) is 90.6 cm³/mol. The van der Waals surface area contributed by atoms with Gasteiger partial charge in [0.15, 0.2) is 6.10 Å². The zero-order chi connectivity index (χ0) is 17.5. The largest absolute Gasteiger partial charge is 0.493 e. The number of hydrogen-bond acceptors (Lipinski definition) is 4. The normalized spacial score (nSPS) is 14.0. The standard InChI is InChI=1S/C18H29NO4/c1-6-13(2)12-22-15-9-7-14(8-10-15)16(11-20)23-17(21)19-18(3,4)5/h7-10,13,16,20H,6,11-12H2,1-5H3,(H,19,21). The van der Waals surface area contributed by atoms with Crippen molar-refractivity contribution in [2.75, 3.05) is 13.2 Å². The summed E-state index contributed by atoms with van der Waals surface area (Å²) in [6.45, 7) is 10.3. The van der Waals surface area contributed by atoms with Crippen LogP contribution in [0.3, 0.4) is 0 Å². The lowest BCUT2D eigenvalue weighted by Gasteiger charge is -2.23. The van der Waals surface area contributed by atoms with Gasteiger partial charge in [-0.1, -0.05) is 32.4 Å². The summed E-state index contributed by atoms with van der Waals surface area (Å²) < 4.78 is 11.0. The van der Waals surface area contributed by atoms with Crippen LogP contribution in [0.25, 0.3) is 0 Å². The van der Waals surface area contributed by atoms with Crippen molar-refractivity contribution in [3.8, 4) is 5.75 Å². The summed E-state index contributed by atoms with van der Waals surface area (Å²) in [5, 5.41) is 12.2. The molecule has 0 aromatic heterocycles. The molecular weight excluding hydrogens is 294 g/mol. The number of alkyl carbamates (subject to hydrolysis) is 1. The van der Waals surface area contributed by atoms with E-state index in [4.69, 9.17) is 9.47 Å². The molecule has 1 rings (SSSR count). The minimum absolute atomic E-state index is 0.273. The number of rotatable bonds is 7. The first-order valence-corrected chi connectivity index (χ1v) is 8.07. The summed E-state index contributed by atoms with van der Waals surface area (Å²) in [5.74, 6) is 1.27. The number of aliphatic hydroxyl groups excluding tert-OH is 1. The lowest BCUT2D eigenvalue weighted by Crippen LogP contribution is -2.41. The Morgan fingerprint density at radius 2 is 1.87 bits per heavy atom. The molecule has 0 fully saturated rings. The number of hydrogen-bond donors (Lipinski definition) is 2. The van der Waals surface area contributed by atoms with Crippen molar-refractivity contribution >= 4 is 6.09 Å². The van der Waals surface area contributed by atoms with Gasteiger partial charge in [-0.15, -0.1) is 0 Å². The van der Waals surface area contributed by atoms with Gasteiger partial charge in [0, 0.05) is 5.54 Å². The van der Waals surface area contributed by atoms with E-state index < -0.39 is 12.2 Å². The van der Waals surface area contributed by atoms with Gasteiger partial charge in [-0.2, -0.15) is 0 Å². The van der Waals surface area contributed by atoms with E-state index in [0.29, 0.717) is 12.5 Å². The van der Waals surface area contributed by atoms with E-state index >= 15 is 0 Å². The molecule has 0 aliphatic carbocycles. The van der Waals surface area contributed by atoms with Gasteiger partial charge in [0.05, 0.1) is 13.2 Å². The van der Waals surface area contributed by atoms with Crippen molar-refractivity contribution in [1.82, 2.24) is 5.32 Å². The van der Waals surface area contributed by atoms with E-state index in [2.05, 4.69) is 19.2 Å². The highest BCUT2D eigenvalue weighted by Crippen LogP contribution is 2.21. The highest BCUT2D eigenvalue weighted by Gasteiger charge is 2.20. The summed E-state index contributed by atoms with van der Waals surface area (Å²) in [6.07, 6.45) is -0.170. The molecule has 0 saturated carbocycles. The minimum atomic E-state index is -0.694. The van der Waals surface area contributed by atoms with E-state index in [1.165, 1.54) is 0 Å². The molecule has 0 radical (unpaired) electrons. The molecule has 2 N–H and O–H groups in total. The minimum Gasteiger partial charge on any atom is -0.493 e. The van der Waals surface area contributed by atoms with Gasteiger partial charge in [-0.05, 0) is 44.4 Å². The fourth-order valence-corrected chi connectivity index (χ4v) is 1.81. The maximum absolute atomic E-state index is 11.8. The molecule has 130 valence electrons. The van der Waals surface area contributed by atoms with Crippen LogP contribution in [-0.4, -0.2) is 30.0 Å². The second-order valence-corrected chi connectivity index (χ2v) is 6.84. The second kappa shape index (κ2) is 8.77. The molecule has 0 aliphatic heterocycles. The van der Waals surface area contributed by atoms with E-state index in [1.54, 1.807) is 12.1 Å². The maximum atomic E-state index is 11.8. The van der Waals surface area contributed by atoms with Crippen LogP contribution in [0, 0.1) is 5.92 Å². The quantitative estimate of drug-likeness (QED) is 0.803. The Labute approximate surface area is 139 Å². The van der Waals surface area contributed by atoms with Gasteiger partial charge < -0.3 is 19.9 Å². The molecular formula is C18H29NO4. The molecule has 0 saturated heterocycles. The number of carbonyl (C=O) groups is 1. The number of ether oxygens (including phenoxy) is 2. The van der Waals surface area contributed by atoms with E-state index in [0.717, 1.165) is 17.7 Å². The summed E-state index contributed by atoms with van der Waals surface area (Å²) >= 11 is 0. The third-order valence-electron chi connectivity index (χ3n) is 3.38. The van der Waals surface area contributed by atoms with Crippen molar-refractivity contribution in [2.45, 2.75) is 52.7 Å². The molecule has 0 heterocycles. The molecule has 2 atom stereocenters. The molecule has 0 spiro atoms. The second-order valence-electron chi connectivity index (χ2n) is 6.84. The van der Waals surface area contributed by atoms with Crippen LogP contribution >= 0.6 is 0 Å². The Balaban J connectivity index is 2.63. The highest BCUT2D eigenvalue weighted by atomic mass is 16.6. The van der Waals surface area contributed by atoms with Crippen molar-refractivity contribution in [2.24, 2.45) is 5.92 Å². The lowest BCUT2D eigenvalue weighted by atomic mass is 10.1. The monoisotopic (exact) mass is 323 g/mol. The Morgan fingerprint density at radius 1 is 1.26 bits per heavy atom. The van der Waals surface area contributed by atoms with Gasteiger partial charge in [0.1, 0.15) is 5.75 Å². The number of amides is 1. The van der Waals surface area contributed by atoms with Gasteiger partial charge in [0.25, 0.3) is 0 Å². The zero-order valence-corrected chi connectivity index (χ0v) is 14.8. The molecule has 5 nitrogen and oxygen atoms in total. The molecule has 23 heavy (non-hydrogen) atoms. The van der Waals surface area contributed by atoms with Gasteiger partial charge in [0.2, 0.25) is 0 Å². The molecule has 1 amide bonds. The first kappa shape index (κ1) is 19.3. The summed E-state index contributed by atoms with van der Waals surface area (Å²) in [7, 11) is 0. The van der Waals surface area contributed by atoms with Gasteiger partial charge >= 0.3 is 6.09 Å². The first-order valence-electron chi connectivity index (χ1n) is 8.07. The number of nitrogens with one attached hydrogen (secondary N) is 1. The molecule has 5 heteroatoms. The molecule has 0 bridgehead atoms. The SMILES string of the molecule is CCC(C)COc1ccc(C(CO)OC(=O)NC(C)(C)C)cc1. The van der Waals surface area contributed by atoms with E-state index in [-0.39, 0.29) is 12.1 Å². The zero-order valence-electron chi connectivity index (χ0n) is 14.8. The summed E-state index contributed by atoms with van der Waals surface area (Å²) in [5.41, 5.74) is 0.345. The molecule has 1 aromatic rings. The molecule has 2 unspecified atom stereocenters. The highest BCUT2D eigenvalue weighted by molar-refractivity contribution is 5.68. The van der Waals surface area contributed by atoms with Crippen LogP contribution in [0.4, 0.5) is 4.79 Å². The fraction of sp³-hybridized carbons (Fsp3) is 0.611. The van der Waals surface area contributed by atoms with Crippen LogP contribution in [0.15, 0.2) is 24.3 Å².